The quantitative estimate of drug-likeness (QED) is 0.288. The molecule has 2 N–H and O–H groups in total. The van der Waals surface area contributed by atoms with Crippen LogP contribution in [0.3, 0.4) is 0 Å². The van der Waals surface area contributed by atoms with E-state index in [1.165, 1.54) is 29.5 Å². The van der Waals surface area contributed by atoms with Gasteiger partial charge in [0.1, 0.15) is 16.3 Å². The second kappa shape index (κ2) is 12.5. The van der Waals surface area contributed by atoms with Crippen LogP contribution in [0.5, 0.6) is 0 Å². The maximum atomic E-state index is 13.3. The first kappa shape index (κ1) is 28.4. The lowest BCUT2D eigenvalue weighted by molar-refractivity contribution is 0.0636. The Morgan fingerprint density at radius 1 is 1.21 bits per heavy atom. The van der Waals surface area contributed by atoms with E-state index in [0.717, 1.165) is 42.1 Å². The number of carbonyl (C=O) groups excluding carboxylic acids is 2. The molecule has 0 radical (unpaired) electrons. The molecular formula is C28H34N6O3S2. The molecule has 0 saturated carbocycles. The van der Waals surface area contributed by atoms with Crippen LogP contribution in [0.15, 0.2) is 59.4 Å². The summed E-state index contributed by atoms with van der Waals surface area (Å²) < 4.78 is 7.17. The highest BCUT2D eigenvalue weighted by Crippen LogP contribution is 2.32. The molecule has 0 spiro atoms. The molecule has 1 aliphatic rings. The third-order valence-electron chi connectivity index (χ3n) is 5.79. The Labute approximate surface area is 237 Å². The molecular weight excluding hydrogens is 532 g/mol. The van der Waals surface area contributed by atoms with Crippen LogP contribution in [0.25, 0.3) is 10.6 Å². The van der Waals surface area contributed by atoms with Crippen LogP contribution in [0, 0.1) is 0 Å². The van der Waals surface area contributed by atoms with Gasteiger partial charge in [-0.05, 0) is 63.6 Å². The number of hydrogen-bond acceptors (Lipinski definition) is 8. The van der Waals surface area contributed by atoms with Crippen LogP contribution in [0.2, 0.25) is 0 Å². The molecule has 1 fully saturated rings. The molecule has 3 aromatic rings. The number of hydrogen-bond donors (Lipinski definition) is 2. The predicted molar refractivity (Wildman–Crippen MR) is 161 cm³/mol. The van der Waals surface area contributed by atoms with Crippen molar-refractivity contribution in [3.63, 3.8) is 0 Å². The van der Waals surface area contributed by atoms with Crippen molar-refractivity contribution in [2.75, 3.05) is 28.6 Å². The molecule has 2 aromatic heterocycles. The van der Waals surface area contributed by atoms with Gasteiger partial charge in [0.25, 0.3) is 5.91 Å². The third-order valence-corrected chi connectivity index (χ3v) is 7.31. The van der Waals surface area contributed by atoms with Crippen molar-refractivity contribution in [2.45, 2.75) is 52.2 Å². The molecule has 9 nitrogen and oxygen atoms in total. The number of thiazole rings is 1. The summed E-state index contributed by atoms with van der Waals surface area (Å²) in [4.78, 5) is 33.4. The molecule has 1 aliphatic heterocycles. The van der Waals surface area contributed by atoms with E-state index in [1.807, 2.05) is 39.1 Å². The summed E-state index contributed by atoms with van der Waals surface area (Å²) in [7, 11) is 0. The minimum Gasteiger partial charge on any atom is -0.444 e. The van der Waals surface area contributed by atoms with Gasteiger partial charge in [-0.3, -0.25) is 14.8 Å². The van der Waals surface area contributed by atoms with E-state index in [4.69, 9.17) is 4.74 Å². The third kappa shape index (κ3) is 7.96. The first-order chi connectivity index (χ1) is 18.6. The van der Waals surface area contributed by atoms with Gasteiger partial charge in [0.15, 0.2) is 0 Å². The molecule has 1 saturated heterocycles. The number of anilines is 3. The highest BCUT2D eigenvalue weighted by atomic mass is 32.2. The maximum Gasteiger partial charge on any atom is 0.412 e. The van der Waals surface area contributed by atoms with E-state index in [0.29, 0.717) is 28.6 Å². The monoisotopic (exact) mass is 566 g/mol. The fourth-order valence-corrected chi connectivity index (χ4v) is 5.36. The van der Waals surface area contributed by atoms with Crippen molar-refractivity contribution in [2.24, 2.45) is 0 Å². The summed E-state index contributed by atoms with van der Waals surface area (Å²) in [5.74, 6) is -0.326. The Bertz CT molecular complexity index is 1350. The van der Waals surface area contributed by atoms with Crippen molar-refractivity contribution < 1.29 is 14.3 Å². The summed E-state index contributed by atoms with van der Waals surface area (Å²) >= 11 is 2.85. The van der Waals surface area contributed by atoms with Crippen molar-refractivity contribution in [3.8, 4) is 10.6 Å². The largest absolute Gasteiger partial charge is 0.444 e. The van der Waals surface area contributed by atoms with Gasteiger partial charge < -0.3 is 15.0 Å². The number of nitrogens with zero attached hydrogens (tertiary/aromatic N) is 4. The Morgan fingerprint density at radius 2 is 1.97 bits per heavy atom. The van der Waals surface area contributed by atoms with Crippen molar-refractivity contribution in [3.05, 3.63) is 65.1 Å². The summed E-state index contributed by atoms with van der Waals surface area (Å²) in [6.07, 6.45) is 6.43. The number of amides is 2. The molecule has 0 atom stereocenters. The minimum absolute atomic E-state index is 0.310. The lowest BCUT2D eigenvalue weighted by Crippen LogP contribution is -2.30. The molecule has 2 amide bonds. The number of carbonyl (C=O) groups is 2. The predicted octanol–water partition coefficient (Wildman–Crippen LogP) is 6.99. The van der Waals surface area contributed by atoms with E-state index in [-0.39, 0.29) is 5.91 Å². The summed E-state index contributed by atoms with van der Waals surface area (Å²) in [5.41, 5.74) is 2.57. The lowest BCUT2D eigenvalue weighted by Gasteiger charge is -2.31. The molecule has 0 bridgehead atoms. The van der Waals surface area contributed by atoms with Crippen molar-refractivity contribution in [1.29, 1.82) is 0 Å². The molecule has 3 heterocycles. The highest BCUT2D eigenvalue weighted by molar-refractivity contribution is 8.05. The van der Waals surface area contributed by atoms with Crippen LogP contribution in [-0.4, -0.2) is 45.5 Å². The standard InChI is InChI=1S/C28H34N6O3S2/c1-6-38-19(2)16-34-17-20(15-29-34)26-32-23(18-39-26)25(35)31-22-14-21(30-27(36)37-28(3,4)5)10-11-24(22)33-12-8-7-9-13-33/h6,10-11,14-15,17-18H,1-2,7-9,12-13,16H2,3-5H3,(H,30,36)(H,31,35). The Balaban J connectivity index is 1.52. The van der Waals surface area contributed by atoms with Crippen molar-refractivity contribution >= 4 is 52.2 Å². The van der Waals surface area contributed by atoms with Gasteiger partial charge in [0, 0.05) is 40.8 Å². The van der Waals surface area contributed by atoms with E-state index in [2.05, 4.69) is 38.8 Å². The van der Waals surface area contributed by atoms with Gasteiger partial charge in [-0.15, -0.1) is 23.1 Å². The fraction of sp³-hybridized carbons (Fsp3) is 0.357. The van der Waals surface area contributed by atoms with E-state index in [1.54, 1.807) is 27.7 Å². The van der Waals surface area contributed by atoms with Crippen LogP contribution in [0.4, 0.5) is 21.9 Å². The number of benzene rings is 1. The Kier molecular flexibility index (Phi) is 9.13. The second-order valence-corrected chi connectivity index (χ2v) is 12.2. The molecule has 0 unspecified atom stereocenters. The fourth-order valence-electron chi connectivity index (χ4n) is 4.14. The zero-order valence-corrected chi connectivity index (χ0v) is 24.2. The number of ether oxygens (including phenoxy) is 1. The summed E-state index contributed by atoms with van der Waals surface area (Å²) in [6, 6.07) is 5.51. The Morgan fingerprint density at radius 3 is 2.69 bits per heavy atom. The average Bonchev–Trinajstić information content (AvgIpc) is 3.54. The lowest BCUT2D eigenvalue weighted by atomic mass is 10.1. The van der Waals surface area contributed by atoms with Crippen LogP contribution in [0.1, 0.15) is 50.5 Å². The van der Waals surface area contributed by atoms with Crippen LogP contribution >= 0.6 is 23.1 Å². The number of rotatable bonds is 9. The van der Waals surface area contributed by atoms with Crippen molar-refractivity contribution in [1.82, 2.24) is 14.8 Å². The highest BCUT2D eigenvalue weighted by Gasteiger charge is 2.21. The van der Waals surface area contributed by atoms with E-state index >= 15 is 0 Å². The summed E-state index contributed by atoms with van der Waals surface area (Å²) in [6.45, 7) is 15.5. The number of thioether (sulfide) groups is 1. The molecule has 206 valence electrons. The number of aromatic nitrogens is 3. The summed E-state index contributed by atoms with van der Waals surface area (Å²) in [5, 5.41) is 14.3. The van der Waals surface area contributed by atoms with Gasteiger partial charge in [0.2, 0.25) is 0 Å². The smallest absolute Gasteiger partial charge is 0.412 e. The second-order valence-electron chi connectivity index (χ2n) is 10.1. The first-order valence-corrected chi connectivity index (χ1v) is 14.5. The SMILES string of the molecule is C=CSC(=C)Cn1cc(-c2nc(C(=O)Nc3cc(NC(=O)OC(C)(C)C)ccc3N3CCCCC3)cs2)cn1. The van der Waals surface area contributed by atoms with E-state index < -0.39 is 11.7 Å². The molecule has 0 aliphatic carbocycles. The normalized spacial score (nSPS) is 13.6. The molecule has 39 heavy (non-hydrogen) atoms. The Hall–Kier alpha value is -3.57. The van der Waals surface area contributed by atoms with Gasteiger partial charge in [-0.1, -0.05) is 13.2 Å². The minimum atomic E-state index is -0.619. The van der Waals surface area contributed by atoms with Gasteiger partial charge >= 0.3 is 6.09 Å². The van der Waals surface area contributed by atoms with Crippen LogP contribution in [-0.2, 0) is 11.3 Å². The number of piperidine rings is 1. The zero-order valence-electron chi connectivity index (χ0n) is 22.5. The number of nitrogens with one attached hydrogen (secondary N) is 2. The number of allylic oxidation sites excluding steroid dienone is 1. The van der Waals surface area contributed by atoms with Crippen LogP contribution < -0.4 is 15.5 Å². The molecule has 11 heteroatoms. The zero-order chi connectivity index (χ0) is 28.0. The van der Waals surface area contributed by atoms with Gasteiger partial charge in [-0.25, -0.2) is 9.78 Å². The average molecular weight is 567 g/mol. The molecule has 4 rings (SSSR count). The first-order valence-electron chi connectivity index (χ1n) is 12.8. The van der Waals surface area contributed by atoms with E-state index in [9.17, 15) is 9.59 Å². The maximum absolute atomic E-state index is 13.3. The molecule has 1 aromatic carbocycles. The van der Waals surface area contributed by atoms with Gasteiger partial charge in [-0.2, -0.15) is 5.10 Å². The topological polar surface area (TPSA) is 101 Å². The van der Waals surface area contributed by atoms with Gasteiger partial charge in [0.05, 0.1) is 24.1 Å².